The minimum atomic E-state index is 0.0872. The van der Waals surface area contributed by atoms with Crippen LogP contribution in [0.4, 0.5) is 0 Å². The van der Waals surface area contributed by atoms with Crippen LogP contribution in [0.15, 0.2) is 0 Å². The van der Waals surface area contributed by atoms with Gasteiger partial charge >= 0.3 is 0 Å². The van der Waals surface area contributed by atoms with E-state index >= 15 is 0 Å². The molecule has 0 aliphatic rings. The maximum atomic E-state index is 5.81. The second kappa shape index (κ2) is 2.93. The molecule has 0 radical (unpaired) electrons. The predicted octanol–water partition coefficient (Wildman–Crippen LogP) is 2.88. The average molecular weight is 155 g/mol. The fraction of sp³-hybridized carbons (Fsp3) is 1.00. The van der Waals surface area contributed by atoms with Gasteiger partial charge in [0, 0.05) is 5.88 Å². The van der Waals surface area contributed by atoms with Gasteiger partial charge < -0.3 is 0 Å². The maximum absolute atomic E-state index is 5.81. The topological polar surface area (TPSA) is 0 Å². The number of halogens is 2. The number of rotatable bonds is 1. The Bertz CT molecular complexity index is 63.4. The summed E-state index contributed by atoms with van der Waals surface area (Å²) in [5, 5.41) is 0.0872. The van der Waals surface area contributed by atoms with Gasteiger partial charge in [0.2, 0.25) is 0 Å². The lowest BCUT2D eigenvalue weighted by Crippen LogP contribution is -2.21. The number of hydrogen-bond donors (Lipinski definition) is 0. The second-order valence-electron chi connectivity index (χ2n) is 2.99. The van der Waals surface area contributed by atoms with Crippen LogP contribution in [0.5, 0.6) is 0 Å². The van der Waals surface area contributed by atoms with Crippen molar-refractivity contribution in [2.24, 2.45) is 5.41 Å². The van der Waals surface area contributed by atoms with Crippen molar-refractivity contribution in [3.05, 3.63) is 0 Å². The third-order valence-corrected chi connectivity index (χ3v) is 2.35. The van der Waals surface area contributed by atoms with Crippen molar-refractivity contribution in [1.82, 2.24) is 0 Å². The Morgan fingerprint density at radius 3 is 1.75 bits per heavy atom. The molecular formula is C6H12Cl2. The molecule has 8 heavy (non-hydrogen) atoms. The van der Waals surface area contributed by atoms with E-state index in [4.69, 9.17) is 23.2 Å². The Hall–Kier alpha value is 0.580. The predicted molar refractivity (Wildman–Crippen MR) is 39.8 cm³/mol. The minimum absolute atomic E-state index is 0.0872. The Kier molecular flexibility index (Phi) is 3.14. The monoisotopic (exact) mass is 154 g/mol. The summed E-state index contributed by atoms with van der Waals surface area (Å²) in [6.45, 7) is 6.23. The van der Waals surface area contributed by atoms with Gasteiger partial charge in [-0.1, -0.05) is 20.8 Å². The lowest BCUT2D eigenvalue weighted by atomic mass is 9.93. The molecule has 1 atom stereocenters. The van der Waals surface area contributed by atoms with E-state index in [-0.39, 0.29) is 10.8 Å². The third-order valence-electron chi connectivity index (χ3n) is 1.08. The van der Waals surface area contributed by atoms with E-state index in [1.165, 1.54) is 0 Å². The zero-order valence-electron chi connectivity index (χ0n) is 5.54. The molecule has 0 rings (SSSR count). The van der Waals surface area contributed by atoms with Gasteiger partial charge in [-0.3, -0.25) is 0 Å². The Morgan fingerprint density at radius 1 is 1.38 bits per heavy atom. The molecule has 0 fully saturated rings. The third kappa shape index (κ3) is 2.78. The van der Waals surface area contributed by atoms with Gasteiger partial charge in [-0.25, -0.2) is 0 Å². The van der Waals surface area contributed by atoms with Crippen LogP contribution in [0.2, 0.25) is 0 Å². The first-order valence-electron chi connectivity index (χ1n) is 2.68. The van der Waals surface area contributed by atoms with Crippen LogP contribution in [0, 0.1) is 5.41 Å². The van der Waals surface area contributed by atoms with E-state index in [2.05, 4.69) is 20.8 Å². The summed E-state index contributed by atoms with van der Waals surface area (Å²) in [5.41, 5.74) is 0.142. The van der Waals surface area contributed by atoms with Crippen molar-refractivity contribution in [1.29, 1.82) is 0 Å². The van der Waals surface area contributed by atoms with Crippen molar-refractivity contribution >= 4 is 23.2 Å². The van der Waals surface area contributed by atoms with Crippen LogP contribution in [0.25, 0.3) is 0 Å². The zero-order valence-corrected chi connectivity index (χ0v) is 7.05. The van der Waals surface area contributed by atoms with E-state index in [1.807, 2.05) is 0 Å². The normalized spacial score (nSPS) is 16.1. The number of hydrogen-bond acceptors (Lipinski definition) is 0. The van der Waals surface area contributed by atoms with Gasteiger partial charge in [0.1, 0.15) is 0 Å². The van der Waals surface area contributed by atoms with E-state index < -0.39 is 0 Å². The molecule has 0 heterocycles. The Morgan fingerprint density at radius 2 is 1.75 bits per heavy atom. The first kappa shape index (κ1) is 8.58. The Labute approximate surface area is 61.2 Å². The highest BCUT2D eigenvalue weighted by molar-refractivity contribution is 6.28. The Balaban J connectivity index is 3.62. The number of alkyl halides is 2. The van der Waals surface area contributed by atoms with Crippen molar-refractivity contribution in [3.63, 3.8) is 0 Å². The molecule has 0 bridgehead atoms. The van der Waals surface area contributed by atoms with Crippen molar-refractivity contribution in [2.45, 2.75) is 26.1 Å². The standard InChI is InChI=1S/C6H12Cl2/c1-6(2,3)5(8)4-7/h5H,4H2,1-3H3. The van der Waals surface area contributed by atoms with Crippen LogP contribution < -0.4 is 0 Å². The van der Waals surface area contributed by atoms with Crippen LogP contribution in [0.3, 0.4) is 0 Å². The second-order valence-corrected chi connectivity index (χ2v) is 3.82. The van der Waals surface area contributed by atoms with Gasteiger partial charge in [0.05, 0.1) is 5.38 Å². The fourth-order valence-electron chi connectivity index (χ4n) is 0.231. The van der Waals surface area contributed by atoms with Gasteiger partial charge in [0.15, 0.2) is 0 Å². The quantitative estimate of drug-likeness (QED) is 0.510. The minimum Gasteiger partial charge on any atom is -0.125 e. The molecule has 1 unspecified atom stereocenters. The summed E-state index contributed by atoms with van der Waals surface area (Å²) >= 11 is 11.3. The summed E-state index contributed by atoms with van der Waals surface area (Å²) in [5.74, 6) is 0.533. The van der Waals surface area contributed by atoms with Crippen molar-refractivity contribution in [2.75, 3.05) is 5.88 Å². The van der Waals surface area contributed by atoms with Crippen LogP contribution in [-0.2, 0) is 0 Å². The molecule has 0 saturated carbocycles. The van der Waals surface area contributed by atoms with E-state index in [1.54, 1.807) is 0 Å². The molecule has 0 N–H and O–H groups in total. The average Bonchev–Trinajstić information content (AvgIpc) is 1.62. The van der Waals surface area contributed by atoms with Gasteiger partial charge in [-0.2, -0.15) is 0 Å². The van der Waals surface area contributed by atoms with Gasteiger partial charge in [-0.05, 0) is 5.41 Å². The van der Waals surface area contributed by atoms with Gasteiger partial charge in [0.25, 0.3) is 0 Å². The summed E-state index contributed by atoms with van der Waals surface area (Å²) in [7, 11) is 0. The molecule has 0 aliphatic carbocycles. The summed E-state index contributed by atoms with van der Waals surface area (Å²) in [4.78, 5) is 0. The maximum Gasteiger partial charge on any atom is 0.0519 e. The van der Waals surface area contributed by atoms with Crippen molar-refractivity contribution < 1.29 is 0 Å². The highest BCUT2D eigenvalue weighted by atomic mass is 35.5. The first-order chi connectivity index (χ1) is 3.48. The van der Waals surface area contributed by atoms with Crippen molar-refractivity contribution in [3.8, 4) is 0 Å². The molecule has 0 aliphatic heterocycles. The molecule has 2 heteroatoms. The van der Waals surface area contributed by atoms with E-state index in [9.17, 15) is 0 Å². The molecule has 0 amide bonds. The highest BCUT2D eigenvalue weighted by Crippen LogP contribution is 2.24. The molecule has 0 aromatic rings. The fourth-order valence-corrected chi connectivity index (χ4v) is 0.694. The van der Waals surface area contributed by atoms with Crippen LogP contribution >= 0.6 is 23.2 Å². The molecular weight excluding hydrogens is 143 g/mol. The lowest BCUT2D eigenvalue weighted by Gasteiger charge is -2.22. The summed E-state index contributed by atoms with van der Waals surface area (Å²) in [6.07, 6.45) is 0. The lowest BCUT2D eigenvalue weighted by molar-refractivity contribution is 0.408. The van der Waals surface area contributed by atoms with Gasteiger partial charge in [-0.15, -0.1) is 23.2 Å². The largest absolute Gasteiger partial charge is 0.125 e. The molecule has 0 saturated heterocycles. The molecule has 0 aromatic heterocycles. The first-order valence-corrected chi connectivity index (χ1v) is 3.65. The van der Waals surface area contributed by atoms with Crippen LogP contribution in [-0.4, -0.2) is 11.3 Å². The molecule has 0 aromatic carbocycles. The van der Waals surface area contributed by atoms with Crippen LogP contribution in [0.1, 0.15) is 20.8 Å². The van der Waals surface area contributed by atoms with E-state index in [0.717, 1.165) is 0 Å². The molecule has 0 nitrogen and oxygen atoms in total. The zero-order chi connectivity index (χ0) is 6.78. The van der Waals surface area contributed by atoms with E-state index in [0.29, 0.717) is 5.88 Å². The molecule has 50 valence electrons. The summed E-state index contributed by atoms with van der Waals surface area (Å²) < 4.78 is 0. The highest BCUT2D eigenvalue weighted by Gasteiger charge is 2.20. The smallest absolute Gasteiger partial charge is 0.0519 e. The SMILES string of the molecule is CC(C)(C)C(Cl)CCl. The summed E-state index contributed by atoms with van der Waals surface area (Å²) in [6, 6.07) is 0. The molecule has 0 spiro atoms.